The molecule has 1 atom stereocenters. The topological polar surface area (TPSA) is 92.7 Å². The summed E-state index contributed by atoms with van der Waals surface area (Å²) in [6.45, 7) is 0. The van der Waals surface area contributed by atoms with Crippen molar-refractivity contribution in [2.24, 2.45) is 4.99 Å². The van der Waals surface area contributed by atoms with Gasteiger partial charge in [0, 0.05) is 39.0 Å². The Bertz CT molecular complexity index is 1690. The lowest BCUT2D eigenvalue weighted by molar-refractivity contribution is 0.0975. The second-order valence-corrected chi connectivity index (χ2v) is 8.49. The van der Waals surface area contributed by atoms with Gasteiger partial charge in [-0.1, -0.05) is 48.5 Å². The quantitative estimate of drug-likeness (QED) is 0.438. The minimum atomic E-state index is -0.910. The second-order valence-electron chi connectivity index (χ2n) is 8.49. The molecule has 1 heterocycles. The van der Waals surface area contributed by atoms with Crippen molar-refractivity contribution in [1.29, 1.82) is 0 Å². The van der Waals surface area contributed by atoms with Crippen LogP contribution in [0.15, 0.2) is 89.0 Å². The van der Waals surface area contributed by atoms with Gasteiger partial charge >= 0.3 is 0 Å². The molecule has 3 aliphatic carbocycles. The Morgan fingerprint density at radius 3 is 2.00 bits per heavy atom. The Hall–Kier alpha value is -4.71. The van der Waals surface area contributed by atoms with Gasteiger partial charge in [-0.05, 0) is 24.3 Å². The highest BCUT2D eigenvalue weighted by Crippen LogP contribution is 2.43. The van der Waals surface area contributed by atoms with Crippen molar-refractivity contribution in [3.8, 4) is 0 Å². The van der Waals surface area contributed by atoms with E-state index in [0.29, 0.717) is 33.7 Å². The summed E-state index contributed by atoms with van der Waals surface area (Å²) in [6, 6.07) is 15.5. The Morgan fingerprint density at radius 1 is 0.676 bits per heavy atom. The van der Waals surface area contributed by atoms with Crippen LogP contribution >= 0.6 is 0 Å². The van der Waals surface area contributed by atoms with Gasteiger partial charge in [0.2, 0.25) is 0 Å². The molecule has 6 nitrogen and oxygen atoms in total. The van der Waals surface area contributed by atoms with E-state index >= 15 is 0 Å². The molecule has 1 aliphatic heterocycles. The van der Waals surface area contributed by atoms with Crippen molar-refractivity contribution < 1.29 is 20.6 Å². The third-order valence-electron chi connectivity index (χ3n) is 6.72. The van der Waals surface area contributed by atoms with E-state index in [-0.39, 0.29) is 51.1 Å². The number of aliphatic imine (C=N–C) groups is 1. The molecule has 3 aromatic rings. The normalized spacial score (nSPS) is 20.0. The number of allylic oxidation sites excluding steroid dienone is 2. The summed E-state index contributed by atoms with van der Waals surface area (Å²) in [6.07, 6.45) is 3.16. The molecule has 34 heavy (non-hydrogen) atoms. The average Bonchev–Trinajstić information content (AvgIpc) is 2.89. The molecule has 160 valence electrons. The van der Waals surface area contributed by atoms with Crippen molar-refractivity contribution in [3.63, 3.8) is 0 Å². The molecule has 0 spiro atoms. The monoisotopic (exact) mass is 443 g/mol. The molecule has 0 bridgehead atoms. The van der Waals surface area contributed by atoms with E-state index in [0.717, 1.165) is 5.31 Å². The molecule has 7 rings (SSSR count). The number of nitrogens with zero attached hydrogens (tertiary/aromatic N) is 1. The number of nitrogens with one attached hydrogen (secondary N) is 1. The zero-order chi connectivity index (χ0) is 24.0. The van der Waals surface area contributed by atoms with E-state index in [1.165, 1.54) is 6.07 Å². The maximum absolute atomic E-state index is 13.5. The molecule has 0 saturated carbocycles. The maximum atomic E-state index is 13.5. The van der Waals surface area contributed by atoms with E-state index in [2.05, 4.69) is 0 Å². The number of Topliss-reactive ketones (excluding diaryl/α,β-unsaturated/α-hetero) is 2. The van der Waals surface area contributed by atoms with Gasteiger partial charge in [-0.15, -0.1) is 0 Å². The zero-order valence-corrected chi connectivity index (χ0v) is 17.5. The first-order valence-electron chi connectivity index (χ1n) is 11.2. The first-order chi connectivity index (χ1) is 17.0. The van der Waals surface area contributed by atoms with Crippen LogP contribution in [-0.2, 0) is 0 Å². The maximum Gasteiger partial charge on any atom is 0.196 e. The number of fused-ring (bicyclic) bond motifs is 7. The van der Waals surface area contributed by atoms with Crippen LogP contribution in [0.1, 0.15) is 52.6 Å². The number of ketones is 4. The van der Waals surface area contributed by atoms with Crippen LogP contribution in [0, 0.1) is 0 Å². The third-order valence-corrected chi connectivity index (χ3v) is 6.72. The molecule has 0 saturated heterocycles. The highest BCUT2D eigenvalue weighted by atomic mass is 16.1. The molecule has 6 heteroatoms. The van der Waals surface area contributed by atoms with E-state index in [1.807, 2.05) is 0 Å². The molecule has 1 N–H and O–H groups in total. The number of hydrogen-bond acceptors (Lipinski definition) is 6. The summed E-state index contributed by atoms with van der Waals surface area (Å²) < 4.78 is 8.94. The fraction of sp³-hybridized carbons (Fsp3) is 0.0357. The van der Waals surface area contributed by atoms with Gasteiger partial charge in [-0.25, -0.2) is 4.99 Å². The van der Waals surface area contributed by atoms with E-state index in [1.54, 1.807) is 66.7 Å². The fourth-order valence-electron chi connectivity index (χ4n) is 5.13. The molecule has 0 radical (unpaired) electrons. The first-order valence-corrected chi connectivity index (χ1v) is 10.8. The Morgan fingerprint density at radius 2 is 1.29 bits per heavy atom. The van der Waals surface area contributed by atoms with Crippen LogP contribution in [0.25, 0.3) is 0 Å². The van der Waals surface area contributed by atoms with Crippen LogP contribution in [-0.4, -0.2) is 34.9 Å². The molecule has 3 aromatic carbocycles. The van der Waals surface area contributed by atoms with Gasteiger partial charge in [0.15, 0.2) is 24.5 Å². The van der Waals surface area contributed by atoms with Gasteiger partial charge in [-0.3, -0.25) is 19.2 Å². The molecule has 4 aliphatic rings. The lowest BCUT2D eigenvalue weighted by Crippen LogP contribution is -2.41. The molecular weight excluding hydrogens is 428 g/mol. The van der Waals surface area contributed by atoms with Crippen LogP contribution in [0.2, 0.25) is 1.41 Å². The smallest absolute Gasteiger partial charge is 0.196 e. The predicted molar refractivity (Wildman–Crippen MR) is 126 cm³/mol. The Labute approximate surface area is 194 Å². The lowest BCUT2D eigenvalue weighted by Gasteiger charge is -2.34. The standard InChI is InChI=1S/C28H14N2O4/c31-25-13-5-1-3-7-15(13)27(33)21-17(25)9-11-19-23(21)29-20-12-10-18-22(24(20)30-19)28(34)16-8-4-2-6-14(16)26(18)32/h1-12,23,29H/i/hD. The molecule has 0 amide bonds. The SMILES string of the molecule is [2H]N1c2ccc3c(c2N=C2C=CC4=C(C(=O)c5ccccc5C4=O)C21)C(=O)c1ccccc1C3=O. The van der Waals surface area contributed by atoms with Crippen molar-refractivity contribution in [3.05, 3.63) is 117 Å². The van der Waals surface area contributed by atoms with E-state index in [9.17, 15) is 19.2 Å². The number of carbonyl (C=O) groups excluding carboxylic acids is 4. The van der Waals surface area contributed by atoms with Crippen molar-refractivity contribution in [2.45, 2.75) is 6.04 Å². The summed E-state index contributed by atoms with van der Waals surface area (Å²) in [5.74, 6) is -1.20. The first kappa shape index (κ1) is 17.8. The summed E-state index contributed by atoms with van der Waals surface area (Å²) in [4.78, 5) is 57.9. The van der Waals surface area contributed by atoms with E-state index < -0.39 is 6.04 Å². The number of anilines is 1. The third kappa shape index (κ3) is 2.26. The summed E-state index contributed by atoms with van der Waals surface area (Å²) in [7, 11) is 0. The highest BCUT2D eigenvalue weighted by Gasteiger charge is 2.41. The molecule has 0 fully saturated rings. The molecular formula is C28H14N2O4. The van der Waals surface area contributed by atoms with Gasteiger partial charge in [0.1, 0.15) is 0 Å². The van der Waals surface area contributed by atoms with Crippen LogP contribution < -0.4 is 5.31 Å². The van der Waals surface area contributed by atoms with Crippen molar-refractivity contribution in [1.82, 2.24) is 0 Å². The number of hydrogen-bond donors (Lipinski definition) is 1. The number of carbonyl (C=O) groups is 4. The predicted octanol–water partition coefficient (Wildman–Crippen LogP) is 4.27. The minimum Gasteiger partial charge on any atom is -0.371 e. The molecule has 1 unspecified atom stereocenters. The highest BCUT2D eigenvalue weighted by molar-refractivity contribution is 6.34. The van der Waals surface area contributed by atoms with Gasteiger partial charge in [0.25, 0.3) is 0 Å². The molecule has 0 aromatic heterocycles. The number of benzene rings is 3. The van der Waals surface area contributed by atoms with Crippen LogP contribution in [0.3, 0.4) is 0 Å². The van der Waals surface area contributed by atoms with Crippen molar-refractivity contribution in [2.75, 3.05) is 5.31 Å². The summed E-state index contributed by atoms with van der Waals surface area (Å²) >= 11 is 0. The summed E-state index contributed by atoms with van der Waals surface area (Å²) in [5, 5.41) is 1.12. The van der Waals surface area contributed by atoms with Gasteiger partial charge in [-0.2, -0.15) is 0 Å². The van der Waals surface area contributed by atoms with Crippen molar-refractivity contribution >= 4 is 40.2 Å². The van der Waals surface area contributed by atoms with Gasteiger partial charge < -0.3 is 5.31 Å². The zero-order valence-electron chi connectivity index (χ0n) is 18.5. The lowest BCUT2D eigenvalue weighted by atomic mass is 9.76. The second kappa shape index (κ2) is 6.42. The fourth-order valence-corrected chi connectivity index (χ4v) is 5.13. The van der Waals surface area contributed by atoms with Crippen LogP contribution in [0.4, 0.5) is 11.4 Å². The van der Waals surface area contributed by atoms with Gasteiger partial charge in [0.05, 0.1) is 28.7 Å². The average molecular weight is 443 g/mol. The minimum absolute atomic E-state index is 0.152. The van der Waals surface area contributed by atoms with Crippen LogP contribution in [0.5, 0.6) is 0 Å². The summed E-state index contributed by atoms with van der Waals surface area (Å²) in [5.41, 5.74) is 2.98. The van der Waals surface area contributed by atoms with E-state index in [4.69, 9.17) is 6.40 Å². The Kier molecular flexibility index (Phi) is 3.36. The number of rotatable bonds is 0. The Balaban J connectivity index is 1.42. The largest absolute Gasteiger partial charge is 0.371 e.